The van der Waals surface area contributed by atoms with E-state index < -0.39 is 46.0 Å². The lowest BCUT2D eigenvalue weighted by molar-refractivity contribution is -0.229. The fourth-order valence-electron chi connectivity index (χ4n) is 5.97. The Kier molecular flexibility index (Phi) is 6.85. The molecule has 5 N–H and O–H groups in total. The monoisotopic (exact) mass is 519 g/mol. The summed E-state index contributed by atoms with van der Waals surface area (Å²) in [5, 5.41) is 20.9. The van der Waals surface area contributed by atoms with E-state index in [1.807, 2.05) is 0 Å². The van der Waals surface area contributed by atoms with Crippen LogP contribution in [0.3, 0.4) is 0 Å². The molecule has 1 aromatic carbocycles. The molecular formula is C26H37N3O6S. The maximum atomic E-state index is 12.3. The van der Waals surface area contributed by atoms with Crippen LogP contribution in [0.4, 0.5) is 0 Å². The van der Waals surface area contributed by atoms with Crippen molar-refractivity contribution in [3.8, 4) is 5.75 Å². The van der Waals surface area contributed by atoms with Crippen LogP contribution in [0.15, 0.2) is 24.3 Å². The molecule has 0 spiro atoms. The number of carbonyl (C=O) groups excluding carboxylic acids is 2. The molecule has 36 heavy (non-hydrogen) atoms. The number of rotatable bonds is 4. The smallest absolute Gasteiger partial charge is 0.327 e. The van der Waals surface area contributed by atoms with Crippen molar-refractivity contribution in [2.45, 2.75) is 99.8 Å². The highest BCUT2D eigenvalue weighted by Gasteiger charge is 2.64. The van der Waals surface area contributed by atoms with Gasteiger partial charge in [0.1, 0.15) is 29.2 Å². The van der Waals surface area contributed by atoms with Crippen LogP contribution in [0, 0.1) is 5.92 Å². The summed E-state index contributed by atoms with van der Waals surface area (Å²) in [5.41, 5.74) is 6.79. The summed E-state index contributed by atoms with van der Waals surface area (Å²) in [6.07, 6.45) is 5.31. The summed E-state index contributed by atoms with van der Waals surface area (Å²) < 4.78 is 5.41. The standard InChI is InChI=1S/C16H19N3O5S.C10H18O/c1-16(2)11(15(23)24)19-13(22)10(14(19)25-16)18-12(21)9(17)7-3-5-8(20)6-4-7;1-9(2)8-4-6-10(3,11-9)7-5-8/h3-6,9-11,14,20H,17H2,1-2H3,(H,18,21)(H,23,24);8H,4-7H2,1-3H3/t9-,10-,11+,14-;/m1./s1. The van der Waals surface area contributed by atoms with Gasteiger partial charge in [-0.25, -0.2) is 4.79 Å². The minimum absolute atomic E-state index is 0.0606. The second kappa shape index (κ2) is 9.22. The van der Waals surface area contributed by atoms with Crippen molar-refractivity contribution in [2.75, 3.05) is 0 Å². The number of β-lactam (4-membered cyclic amide) rings is 1. The molecule has 4 saturated heterocycles. The van der Waals surface area contributed by atoms with Crippen LogP contribution in [-0.2, 0) is 19.1 Å². The van der Waals surface area contributed by atoms with Gasteiger partial charge < -0.3 is 30.9 Å². The van der Waals surface area contributed by atoms with Crippen LogP contribution in [0.1, 0.15) is 71.9 Å². The zero-order valence-electron chi connectivity index (χ0n) is 21.5. The zero-order valence-corrected chi connectivity index (χ0v) is 22.3. The average Bonchev–Trinajstić information content (AvgIpc) is 3.05. The Morgan fingerprint density at radius 3 is 2.19 bits per heavy atom. The lowest BCUT2D eigenvalue weighted by Gasteiger charge is -2.54. The fourth-order valence-corrected chi connectivity index (χ4v) is 7.59. The Morgan fingerprint density at radius 2 is 1.72 bits per heavy atom. The first-order chi connectivity index (χ1) is 16.7. The molecule has 5 fully saturated rings. The molecule has 4 aliphatic heterocycles. The molecule has 0 radical (unpaired) electrons. The molecule has 6 rings (SSSR count). The van der Waals surface area contributed by atoms with Crippen molar-refractivity contribution in [3.63, 3.8) is 0 Å². The quantitative estimate of drug-likeness (QED) is 0.445. The predicted molar refractivity (Wildman–Crippen MR) is 136 cm³/mol. The van der Waals surface area contributed by atoms with E-state index in [2.05, 4.69) is 26.1 Å². The largest absolute Gasteiger partial charge is 0.508 e. The van der Waals surface area contributed by atoms with Crippen LogP contribution in [0.2, 0.25) is 0 Å². The Hall–Kier alpha value is -2.30. The molecule has 4 heterocycles. The van der Waals surface area contributed by atoms with Crippen LogP contribution >= 0.6 is 11.8 Å². The number of hydrogen-bond donors (Lipinski definition) is 4. The minimum atomic E-state index is -1.06. The van der Waals surface area contributed by atoms with Crippen LogP contribution in [-0.4, -0.2) is 66.3 Å². The molecular weight excluding hydrogens is 482 g/mol. The molecule has 2 amide bonds. The van der Waals surface area contributed by atoms with Crippen LogP contribution in [0.5, 0.6) is 5.75 Å². The maximum absolute atomic E-state index is 12.3. The molecule has 0 aromatic heterocycles. The van der Waals surface area contributed by atoms with Crippen molar-refractivity contribution >= 4 is 29.5 Å². The van der Waals surface area contributed by atoms with Crippen molar-refractivity contribution in [1.29, 1.82) is 0 Å². The van der Waals surface area contributed by atoms with E-state index in [1.54, 1.807) is 13.8 Å². The summed E-state index contributed by atoms with van der Waals surface area (Å²) in [4.78, 5) is 37.5. The number of nitrogens with two attached hydrogens (primary N) is 1. The van der Waals surface area contributed by atoms with E-state index in [0.29, 0.717) is 5.56 Å². The number of carboxylic acid groups (broad SMARTS) is 1. The van der Waals surface area contributed by atoms with Crippen LogP contribution < -0.4 is 11.1 Å². The number of carbonyl (C=O) groups is 3. The number of phenols is 1. The van der Waals surface area contributed by atoms with Crippen LogP contribution in [0.25, 0.3) is 0 Å². The van der Waals surface area contributed by atoms with Gasteiger partial charge in [0.25, 0.3) is 0 Å². The number of amides is 2. The van der Waals surface area contributed by atoms with E-state index in [4.69, 9.17) is 10.5 Å². The maximum Gasteiger partial charge on any atom is 0.327 e. The van der Waals surface area contributed by atoms with E-state index in [-0.39, 0.29) is 17.0 Å². The molecule has 0 unspecified atom stereocenters. The minimum Gasteiger partial charge on any atom is -0.508 e. The highest BCUT2D eigenvalue weighted by molar-refractivity contribution is 8.01. The van der Waals surface area contributed by atoms with Gasteiger partial charge in [0.2, 0.25) is 11.8 Å². The lowest BCUT2D eigenvalue weighted by atomic mass is 9.69. The van der Waals surface area contributed by atoms with Crippen molar-refractivity contribution in [3.05, 3.63) is 29.8 Å². The molecule has 1 saturated carbocycles. The average molecular weight is 520 g/mol. The normalized spacial score (nSPS) is 34.1. The number of fused-ring (bicyclic) bond motifs is 4. The van der Waals surface area contributed by atoms with Gasteiger partial charge in [-0.1, -0.05) is 12.1 Å². The molecule has 9 nitrogen and oxygen atoms in total. The molecule has 1 aromatic rings. The van der Waals surface area contributed by atoms with Crippen molar-refractivity contribution in [2.24, 2.45) is 11.7 Å². The van der Waals surface area contributed by atoms with E-state index in [9.17, 15) is 24.6 Å². The number of nitrogens with one attached hydrogen (secondary N) is 1. The zero-order chi connectivity index (χ0) is 26.6. The van der Waals surface area contributed by atoms with Gasteiger partial charge in [0.05, 0.1) is 11.2 Å². The molecule has 198 valence electrons. The SMILES string of the molecule is CC1(C)S[C@@H]2[C@H](NC(=O)[C@H](N)c3ccc(O)cc3)C(=O)N2[C@H]1C(=O)O.CC12CCC(CC1)C(C)(C)O2. The summed E-state index contributed by atoms with van der Waals surface area (Å²) in [6, 6.07) is 3.21. The Morgan fingerprint density at radius 1 is 1.14 bits per heavy atom. The highest BCUT2D eigenvalue weighted by atomic mass is 32.2. The third-order valence-corrected chi connectivity index (χ3v) is 9.61. The second-order valence-electron chi connectivity index (χ2n) is 11.6. The predicted octanol–water partition coefficient (Wildman–Crippen LogP) is 2.77. The summed E-state index contributed by atoms with van der Waals surface area (Å²) in [5.74, 6) is -1.11. The molecule has 5 aliphatic rings. The summed E-state index contributed by atoms with van der Waals surface area (Å²) in [7, 11) is 0. The topological polar surface area (TPSA) is 142 Å². The van der Waals surface area contributed by atoms with Gasteiger partial charge in [-0.3, -0.25) is 9.59 Å². The van der Waals surface area contributed by atoms with Crippen molar-refractivity contribution < 1.29 is 29.3 Å². The molecule has 2 bridgehead atoms. The van der Waals surface area contributed by atoms with Gasteiger partial charge in [-0.2, -0.15) is 0 Å². The lowest BCUT2D eigenvalue weighted by Crippen LogP contribution is -2.71. The fraction of sp³-hybridized carbons (Fsp3) is 0.654. The van der Waals surface area contributed by atoms with Gasteiger partial charge in [-0.05, 0) is 83.9 Å². The number of nitrogens with zero attached hydrogens (tertiary/aromatic N) is 1. The van der Waals surface area contributed by atoms with Gasteiger partial charge in [0, 0.05) is 4.75 Å². The number of aliphatic carboxylic acids is 1. The Bertz CT molecular complexity index is 1030. The van der Waals surface area contributed by atoms with E-state index >= 15 is 0 Å². The number of aromatic hydroxyl groups is 1. The highest BCUT2D eigenvalue weighted by Crippen LogP contribution is 2.51. The van der Waals surface area contributed by atoms with E-state index in [1.165, 1.54) is 66.6 Å². The Labute approximate surface area is 216 Å². The summed E-state index contributed by atoms with van der Waals surface area (Å²) >= 11 is 1.35. The number of benzene rings is 1. The summed E-state index contributed by atoms with van der Waals surface area (Å²) in [6.45, 7) is 10.3. The molecule has 4 atom stereocenters. The number of ether oxygens (including phenoxy) is 1. The van der Waals surface area contributed by atoms with Gasteiger partial charge in [0.15, 0.2) is 0 Å². The third kappa shape index (κ3) is 4.82. The van der Waals surface area contributed by atoms with Gasteiger partial charge in [-0.15, -0.1) is 11.8 Å². The Balaban J connectivity index is 0.000000229. The number of phenolic OH excluding ortho intramolecular Hbond substituents is 1. The first-order valence-corrected chi connectivity index (χ1v) is 13.3. The van der Waals surface area contributed by atoms with Crippen molar-refractivity contribution in [1.82, 2.24) is 10.2 Å². The number of thioether (sulfide) groups is 1. The first kappa shape index (κ1) is 26.8. The number of hydrogen-bond acceptors (Lipinski definition) is 7. The second-order valence-corrected chi connectivity index (χ2v) is 13.4. The number of carboxylic acids is 1. The molecule has 10 heteroatoms. The third-order valence-electron chi connectivity index (χ3n) is 8.04. The van der Waals surface area contributed by atoms with Gasteiger partial charge >= 0.3 is 5.97 Å². The van der Waals surface area contributed by atoms with E-state index in [0.717, 1.165) is 5.92 Å². The molecule has 1 aliphatic carbocycles. The first-order valence-electron chi connectivity index (χ1n) is 12.4.